The van der Waals surface area contributed by atoms with Crippen molar-refractivity contribution in [2.45, 2.75) is 0 Å². The van der Waals surface area contributed by atoms with Crippen LogP contribution in [0.5, 0.6) is 0 Å². The van der Waals surface area contributed by atoms with Crippen LogP contribution in [0.15, 0.2) is 33.5 Å². The molecule has 0 radical (unpaired) electrons. The van der Waals surface area contributed by atoms with Gasteiger partial charge in [0.05, 0.1) is 21.4 Å². The van der Waals surface area contributed by atoms with Crippen LogP contribution in [0.25, 0.3) is 15.8 Å². The van der Waals surface area contributed by atoms with Gasteiger partial charge in [0, 0.05) is 11.2 Å². The van der Waals surface area contributed by atoms with Crippen molar-refractivity contribution in [1.29, 1.82) is 0 Å². The lowest BCUT2D eigenvalue weighted by molar-refractivity contribution is 0.630. The van der Waals surface area contributed by atoms with Gasteiger partial charge in [-0.15, -0.1) is 23.1 Å². The molecule has 2 aromatic rings. The molecule has 1 aromatic heterocycles. The highest BCUT2D eigenvalue weighted by Crippen LogP contribution is 2.48. The van der Waals surface area contributed by atoms with Gasteiger partial charge in [-0.2, -0.15) is 0 Å². The van der Waals surface area contributed by atoms with Crippen LogP contribution in [-0.4, -0.2) is 29.4 Å². The highest BCUT2D eigenvalue weighted by molar-refractivity contribution is 8.30. The predicted molar refractivity (Wildman–Crippen MR) is 88.8 cm³/mol. The lowest BCUT2D eigenvalue weighted by atomic mass is 10.2. The predicted octanol–water partition coefficient (Wildman–Crippen LogP) is 4.45. The number of rotatable bonds is 2. The zero-order valence-electron chi connectivity index (χ0n) is 10.7. The summed E-state index contributed by atoms with van der Waals surface area (Å²) in [5, 5.41) is 2.21. The van der Waals surface area contributed by atoms with Crippen molar-refractivity contribution in [2.24, 2.45) is 4.99 Å². The maximum atomic E-state index is 13.3. The Kier molecular flexibility index (Phi) is 3.05. The SMILES string of the molecule is CSC1=C(c2cc3ccc(F)cc3s2)N2CCN=C2S1. The quantitative estimate of drug-likeness (QED) is 0.812. The van der Waals surface area contributed by atoms with Gasteiger partial charge in [-0.1, -0.05) is 6.07 Å². The summed E-state index contributed by atoms with van der Waals surface area (Å²) in [6, 6.07) is 7.15. The van der Waals surface area contributed by atoms with Gasteiger partial charge < -0.3 is 4.90 Å². The van der Waals surface area contributed by atoms with Crippen molar-refractivity contribution in [2.75, 3.05) is 19.3 Å². The molecule has 2 aliphatic rings. The maximum Gasteiger partial charge on any atom is 0.169 e. The zero-order valence-corrected chi connectivity index (χ0v) is 13.2. The van der Waals surface area contributed by atoms with Gasteiger partial charge in [0.25, 0.3) is 0 Å². The minimum atomic E-state index is -0.172. The number of halogens is 1. The number of hydrogen-bond donors (Lipinski definition) is 0. The highest BCUT2D eigenvalue weighted by Gasteiger charge is 2.33. The summed E-state index contributed by atoms with van der Waals surface area (Å²) >= 11 is 5.16. The topological polar surface area (TPSA) is 15.6 Å². The van der Waals surface area contributed by atoms with Gasteiger partial charge >= 0.3 is 0 Å². The van der Waals surface area contributed by atoms with E-state index >= 15 is 0 Å². The van der Waals surface area contributed by atoms with Gasteiger partial charge in [0.2, 0.25) is 0 Å². The van der Waals surface area contributed by atoms with Gasteiger partial charge in [-0.25, -0.2) is 4.39 Å². The summed E-state index contributed by atoms with van der Waals surface area (Å²) in [5.41, 5.74) is 1.25. The molecule has 6 heteroatoms. The fourth-order valence-electron chi connectivity index (χ4n) is 2.46. The van der Waals surface area contributed by atoms with E-state index in [1.165, 1.54) is 20.9 Å². The van der Waals surface area contributed by atoms with Crippen molar-refractivity contribution in [3.05, 3.63) is 39.2 Å². The van der Waals surface area contributed by atoms with Gasteiger partial charge in [0.15, 0.2) is 5.17 Å². The van der Waals surface area contributed by atoms with Crippen molar-refractivity contribution in [3.63, 3.8) is 0 Å². The molecule has 1 aromatic carbocycles. The minimum absolute atomic E-state index is 0.172. The van der Waals surface area contributed by atoms with Crippen LogP contribution in [0.1, 0.15) is 4.88 Å². The molecule has 102 valence electrons. The molecule has 3 heterocycles. The summed E-state index contributed by atoms with van der Waals surface area (Å²) in [4.78, 5) is 8.03. The smallest absolute Gasteiger partial charge is 0.169 e. The Hall–Kier alpha value is -0.980. The minimum Gasteiger partial charge on any atom is -0.316 e. The fraction of sp³-hybridized carbons (Fsp3) is 0.214. The monoisotopic (exact) mass is 322 g/mol. The van der Waals surface area contributed by atoms with Crippen molar-refractivity contribution in [1.82, 2.24) is 4.90 Å². The Labute approximate surface area is 128 Å². The second-order valence-corrected chi connectivity index (χ2v) is 7.69. The van der Waals surface area contributed by atoms with Crippen LogP contribution in [0, 0.1) is 5.82 Å². The van der Waals surface area contributed by atoms with E-state index in [4.69, 9.17) is 0 Å². The van der Waals surface area contributed by atoms with Crippen molar-refractivity contribution >= 4 is 55.8 Å². The molecular weight excluding hydrogens is 311 g/mol. The molecule has 2 nitrogen and oxygen atoms in total. The molecule has 0 aliphatic carbocycles. The second kappa shape index (κ2) is 4.79. The third-order valence-electron chi connectivity index (χ3n) is 3.35. The summed E-state index contributed by atoms with van der Waals surface area (Å²) in [6.07, 6.45) is 2.10. The Bertz CT molecular complexity index is 763. The summed E-state index contributed by atoms with van der Waals surface area (Å²) < 4.78 is 15.6. The average Bonchev–Trinajstić information content (AvgIpc) is 3.09. The molecule has 0 saturated carbocycles. The van der Waals surface area contributed by atoms with Crippen LogP contribution < -0.4 is 0 Å². The fourth-order valence-corrected chi connectivity index (χ4v) is 5.64. The van der Waals surface area contributed by atoms with E-state index in [-0.39, 0.29) is 5.82 Å². The number of thiophene rings is 1. The van der Waals surface area contributed by atoms with E-state index in [2.05, 4.69) is 22.2 Å². The van der Waals surface area contributed by atoms with Crippen LogP contribution in [0.4, 0.5) is 4.39 Å². The first-order chi connectivity index (χ1) is 9.76. The van der Waals surface area contributed by atoms with Crippen LogP contribution in [-0.2, 0) is 0 Å². The first-order valence-electron chi connectivity index (χ1n) is 6.24. The molecule has 0 atom stereocenters. The summed E-state index contributed by atoms with van der Waals surface area (Å²) in [7, 11) is 0. The van der Waals surface area contributed by atoms with Crippen LogP contribution in [0.2, 0.25) is 0 Å². The number of benzene rings is 1. The molecule has 0 bridgehead atoms. The number of hydrogen-bond acceptors (Lipinski definition) is 5. The first-order valence-corrected chi connectivity index (χ1v) is 9.09. The molecular formula is C14H11FN2S3. The van der Waals surface area contributed by atoms with Gasteiger partial charge in [-0.3, -0.25) is 4.99 Å². The molecule has 2 aliphatic heterocycles. The molecule has 0 N–H and O–H groups in total. The highest BCUT2D eigenvalue weighted by atomic mass is 32.2. The van der Waals surface area contributed by atoms with Gasteiger partial charge in [-0.05, 0) is 41.6 Å². The number of amidine groups is 1. The van der Waals surface area contributed by atoms with E-state index < -0.39 is 0 Å². The first kappa shape index (κ1) is 12.7. The Morgan fingerprint density at radius 3 is 3.10 bits per heavy atom. The largest absolute Gasteiger partial charge is 0.316 e. The maximum absolute atomic E-state index is 13.3. The van der Waals surface area contributed by atoms with Crippen LogP contribution in [0.3, 0.4) is 0 Å². The molecule has 20 heavy (non-hydrogen) atoms. The molecule has 0 amide bonds. The Morgan fingerprint density at radius 2 is 2.25 bits per heavy atom. The van der Waals surface area contributed by atoms with E-state index in [0.29, 0.717) is 0 Å². The van der Waals surface area contributed by atoms with E-state index in [9.17, 15) is 4.39 Å². The van der Waals surface area contributed by atoms with E-state index in [0.717, 1.165) is 28.3 Å². The number of aliphatic imine (C=N–C) groups is 1. The van der Waals surface area contributed by atoms with Gasteiger partial charge in [0.1, 0.15) is 5.82 Å². The van der Waals surface area contributed by atoms with Crippen molar-refractivity contribution < 1.29 is 4.39 Å². The van der Waals surface area contributed by atoms with Crippen LogP contribution >= 0.6 is 34.9 Å². The molecule has 0 saturated heterocycles. The second-order valence-electron chi connectivity index (χ2n) is 4.55. The molecule has 0 unspecified atom stereocenters. The summed E-state index contributed by atoms with van der Waals surface area (Å²) in [6.45, 7) is 1.82. The molecule has 0 fully saturated rings. The number of nitrogens with zero attached hydrogens (tertiary/aromatic N) is 2. The number of fused-ring (bicyclic) bond motifs is 2. The third-order valence-corrected chi connectivity index (χ3v) is 6.68. The summed E-state index contributed by atoms with van der Waals surface area (Å²) in [5.74, 6) is -0.172. The number of thioether (sulfide) groups is 2. The van der Waals surface area contributed by atoms with E-state index in [1.807, 2.05) is 6.07 Å². The Morgan fingerprint density at radius 1 is 1.35 bits per heavy atom. The standard InChI is InChI=1S/C14H11FN2S3/c1-18-13-12(17-5-4-16-14(17)20-13)11-6-8-2-3-9(15)7-10(8)19-11/h2-3,6-7H,4-5H2,1H3. The zero-order chi connectivity index (χ0) is 13.7. The molecule has 4 rings (SSSR count). The lowest BCUT2D eigenvalue weighted by Crippen LogP contribution is -2.19. The van der Waals surface area contributed by atoms with Crippen molar-refractivity contribution in [3.8, 4) is 0 Å². The average molecular weight is 322 g/mol. The normalized spacial score (nSPS) is 18.1. The van der Waals surface area contributed by atoms with E-state index in [1.54, 1.807) is 40.9 Å². The third kappa shape index (κ3) is 1.89. The molecule has 0 spiro atoms. The lowest BCUT2D eigenvalue weighted by Gasteiger charge is -2.15. The Balaban J connectivity index is 1.86.